The van der Waals surface area contributed by atoms with Gasteiger partial charge in [-0.1, -0.05) is 60.7 Å². The molecule has 5 aromatic carbocycles. The van der Waals surface area contributed by atoms with Crippen molar-refractivity contribution in [3.63, 3.8) is 0 Å². The van der Waals surface area contributed by atoms with Crippen molar-refractivity contribution in [2.24, 2.45) is 0 Å². The molecule has 0 saturated heterocycles. The van der Waals surface area contributed by atoms with Crippen molar-refractivity contribution in [3.8, 4) is 0 Å². The standard InChI is InChI=1S/C26H22/c1-15-11-19-5-7-21-22-8-6-20-12-16(2)18(4)14-26(20)24(22)10-9-23(21)25(19)13-17(15)3/h5-14H,1-4H3. The number of hydrogen-bond donors (Lipinski definition) is 0. The third kappa shape index (κ3) is 2.08. The molecule has 0 aliphatic heterocycles. The van der Waals surface area contributed by atoms with E-state index < -0.39 is 0 Å². The van der Waals surface area contributed by atoms with E-state index in [1.54, 1.807) is 0 Å². The Bertz CT molecular complexity index is 1250. The van der Waals surface area contributed by atoms with E-state index in [9.17, 15) is 0 Å². The SMILES string of the molecule is Cc1cc2ccc3c(ccc4c5cc(C)c(C)cc5ccc43)c2cc1C. The molecule has 0 fully saturated rings. The van der Waals surface area contributed by atoms with Crippen molar-refractivity contribution < 1.29 is 0 Å². The van der Waals surface area contributed by atoms with Gasteiger partial charge in [-0.25, -0.2) is 0 Å². The zero-order valence-corrected chi connectivity index (χ0v) is 15.8. The van der Waals surface area contributed by atoms with E-state index in [1.165, 1.54) is 65.3 Å². The van der Waals surface area contributed by atoms with Crippen LogP contribution >= 0.6 is 0 Å². The van der Waals surface area contributed by atoms with Crippen LogP contribution in [0.4, 0.5) is 0 Å². The van der Waals surface area contributed by atoms with Crippen molar-refractivity contribution >= 4 is 43.1 Å². The average Bonchev–Trinajstić information content (AvgIpc) is 2.63. The second-order valence-electron chi connectivity index (χ2n) is 7.70. The van der Waals surface area contributed by atoms with E-state index in [0.717, 1.165) is 0 Å². The quantitative estimate of drug-likeness (QED) is 0.257. The van der Waals surface area contributed by atoms with Gasteiger partial charge < -0.3 is 0 Å². The zero-order chi connectivity index (χ0) is 18.0. The van der Waals surface area contributed by atoms with Gasteiger partial charge in [-0.3, -0.25) is 0 Å². The Labute approximate surface area is 154 Å². The Morgan fingerprint density at radius 2 is 0.654 bits per heavy atom. The summed E-state index contributed by atoms with van der Waals surface area (Å²) in [6, 6.07) is 23.0. The van der Waals surface area contributed by atoms with Gasteiger partial charge >= 0.3 is 0 Å². The van der Waals surface area contributed by atoms with Gasteiger partial charge in [0, 0.05) is 0 Å². The maximum absolute atomic E-state index is 2.34. The molecule has 0 saturated carbocycles. The van der Waals surface area contributed by atoms with Crippen LogP contribution in [0.1, 0.15) is 22.3 Å². The van der Waals surface area contributed by atoms with Crippen LogP contribution in [0.15, 0.2) is 60.7 Å². The lowest BCUT2D eigenvalue weighted by molar-refractivity contribution is 1.37. The van der Waals surface area contributed by atoms with Crippen LogP contribution in [0.2, 0.25) is 0 Å². The van der Waals surface area contributed by atoms with Gasteiger partial charge in [0.1, 0.15) is 0 Å². The third-order valence-corrected chi connectivity index (χ3v) is 6.06. The molecule has 0 spiro atoms. The Balaban J connectivity index is 1.96. The van der Waals surface area contributed by atoms with Crippen LogP contribution in [0, 0.1) is 27.7 Å². The van der Waals surface area contributed by atoms with E-state index in [0.29, 0.717) is 0 Å². The molecule has 0 heterocycles. The minimum absolute atomic E-state index is 1.33. The first-order chi connectivity index (χ1) is 12.5. The Morgan fingerprint density at radius 3 is 1.08 bits per heavy atom. The molecule has 0 unspecified atom stereocenters. The Morgan fingerprint density at radius 1 is 0.346 bits per heavy atom. The predicted octanol–water partition coefficient (Wildman–Crippen LogP) is 7.53. The minimum atomic E-state index is 1.33. The van der Waals surface area contributed by atoms with Crippen LogP contribution in [-0.2, 0) is 0 Å². The molecule has 5 rings (SSSR count). The first-order valence-corrected chi connectivity index (χ1v) is 9.29. The lowest BCUT2D eigenvalue weighted by atomic mass is 9.92. The summed E-state index contributed by atoms with van der Waals surface area (Å²) in [7, 11) is 0. The fraction of sp³-hybridized carbons (Fsp3) is 0.154. The first kappa shape index (κ1) is 15.4. The summed E-state index contributed by atoms with van der Waals surface area (Å²) < 4.78 is 0. The second-order valence-corrected chi connectivity index (χ2v) is 7.70. The lowest BCUT2D eigenvalue weighted by Crippen LogP contribution is -1.87. The summed E-state index contributed by atoms with van der Waals surface area (Å²) in [6.45, 7) is 8.78. The molecule has 0 nitrogen and oxygen atoms in total. The van der Waals surface area contributed by atoms with Gasteiger partial charge in [0.25, 0.3) is 0 Å². The van der Waals surface area contributed by atoms with Crippen molar-refractivity contribution in [2.45, 2.75) is 27.7 Å². The van der Waals surface area contributed by atoms with Gasteiger partial charge in [-0.2, -0.15) is 0 Å². The minimum Gasteiger partial charge on any atom is -0.0537 e. The molecule has 0 aliphatic carbocycles. The van der Waals surface area contributed by atoms with E-state index in [4.69, 9.17) is 0 Å². The van der Waals surface area contributed by atoms with Gasteiger partial charge in [0.05, 0.1) is 0 Å². The molecule has 0 aromatic heterocycles. The van der Waals surface area contributed by atoms with Crippen LogP contribution in [0.3, 0.4) is 0 Å². The van der Waals surface area contributed by atoms with Crippen LogP contribution in [0.5, 0.6) is 0 Å². The third-order valence-electron chi connectivity index (χ3n) is 6.06. The van der Waals surface area contributed by atoms with Gasteiger partial charge in [0.15, 0.2) is 0 Å². The van der Waals surface area contributed by atoms with Gasteiger partial charge in [-0.05, 0) is 93.0 Å². The summed E-state index contributed by atoms with van der Waals surface area (Å²) in [6.07, 6.45) is 0. The molecular weight excluding hydrogens is 312 g/mol. The molecule has 0 amide bonds. The maximum atomic E-state index is 2.34. The lowest BCUT2D eigenvalue weighted by Gasteiger charge is -2.12. The highest BCUT2D eigenvalue weighted by Gasteiger charge is 2.09. The van der Waals surface area contributed by atoms with E-state index in [2.05, 4.69) is 88.4 Å². The smallest absolute Gasteiger partial charge is 0.00987 e. The van der Waals surface area contributed by atoms with Gasteiger partial charge in [-0.15, -0.1) is 0 Å². The predicted molar refractivity (Wildman–Crippen MR) is 115 cm³/mol. The summed E-state index contributed by atoms with van der Waals surface area (Å²) >= 11 is 0. The molecular formula is C26H22. The number of hydrogen-bond acceptors (Lipinski definition) is 0. The number of rotatable bonds is 0. The highest BCUT2D eigenvalue weighted by Crippen LogP contribution is 2.36. The molecule has 0 radical (unpaired) electrons. The van der Waals surface area contributed by atoms with E-state index in [1.807, 2.05) is 0 Å². The van der Waals surface area contributed by atoms with Crippen LogP contribution < -0.4 is 0 Å². The number of benzene rings is 5. The van der Waals surface area contributed by atoms with Crippen molar-refractivity contribution in [1.29, 1.82) is 0 Å². The highest BCUT2D eigenvalue weighted by atomic mass is 14.1. The molecule has 0 bridgehead atoms. The first-order valence-electron chi connectivity index (χ1n) is 9.29. The highest BCUT2D eigenvalue weighted by molar-refractivity contribution is 6.22. The molecule has 5 aromatic rings. The van der Waals surface area contributed by atoms with Crippen molar-refractivity contribution in [2.75, 3.05) is 0 Å². The van der Waals surface area contributed by atoms with Crippen molar-refractivity contribution in [1.82, 2.24) is 0 Å². The summed E-state index contributed by atoms with van der Waals surface area (Å²) in [5.74, 6) is 0. The zero-order valence-electron chi connectivity index (χ0n) is 15.8. The largest absolute Gasteiger partial charge is 0.0537 e. The molecule has 0 N–H and O–H groups in total. The fourth-order valence-corrected chi connectivity index (χ4v) is 4.23. The molecule has 126 valence electrons. The summed E-state index contributed by atoms with van der Waals surface area (Å²) in [5.41, 5.74) is 5.42. The number of aryl methyl sites for hydroxylation is 4. The van der Waals surface area contributed by atoms with Crippen LogP contribution in [-0.4, -0.2) is 0 Å². The molecule has 0 aliphatic rings. The average molecular weight is 334 g/mol. The normalized spacial score (nSPS) is 11.8. The topological polar surface area (TPSA) is 0 Å². The second kappa shape index (κ2) is 5.32. The molecule has 0 heteroatoms. The Hall–Kier alpha value is -2.86. The van der Waals surface area contributed by atoms with Crippen molar-refractivity contribution in [3.05, 3.63) is 82.9 Å². The van der Waals surface area contributed by atoms with Crippen LogP contribution in [0.25, 0.3) is 43.1 Å². The monoisotopic (exact) mass is 334 g/mol. The van der Waals surface area contributed by atoms with E-state index >= 15 is 0 Å². The Kier molecular flexibility index (Phi) is 3.15. The molecule has 0 atom stereocenters. The summed E-state index contributed by atoms with van der Waals surface area (Å²) in [5, 5.41) is 10.7. The summed E-state index contributed by atoms with van der Waals surface area (Å²) in [4.78, 5) is 0. The number of fused-ring (bicyclic) bond motifs is 7. The van der Waals surface area contributed by atoms with Gasteiger partial charge in [0.2, 0.25) is 0 Å². The fourth-order valence-electron chi connectivity index (χ4n) is 4.23. The maximum Gasteiger partial charge on any atom is -0.00987 e. The van der Waals surface area contributed by atoms with E-state index in [-0.39, 0.29) is 0 Å². The molecule has 26 heavy (non-hydrogen) atoms.